The Labute approximate surface area is 138 Å². The maximum absolute atomic E-state index is 12.4. The van der Waals surface area contributed by atoms with Gasteiger partial charge in [-0.2, -0.15) is 0 Å². The molecule has 120 valence electrons. The Bertz CT molecular complexity index is 770. The predicted molar refractivity (Wildman–Crippen MR) is 89.0 cm³/mol. The Morgan fingerprint density at radius 2 is 1.91 bits per heavy atom. The van der Waals surface area contributed by atoms with Gasteiger partial charge in [0.1, 0.15) is 5.69 Å². The van der Waals surface area contributed by atoms with Crippen molar-refractivity contribution in [2.75, 3.05) is 18.1 Å². The zero-order valence-electron chi connectivity index (χ0n) is 12.5. The Morgan fingerprint density at radius 1 is 1.17 bits per heavy atom. The summed E-state index contributed by atoms with van der Waals surface area (Å²) in [6.07, 6.45) is 1.98. The van der Waals surface area contributed by atoms with Crippen molar-refractivity contribution < 1.29 is 9.90 Å². The summed E-state index contributed by atoms with van der Waals surface area (Å²) >= 11 is 5.90. The van der Waals surface area contributed by atoms with E-state index in [1.54, 1.807) is 30.5 Å². The van der Waals surface area contributed by atoms with Crippen LogP contribution in [0.1, 0.15) is 17.9 Å². The van der Waals surface area contributed by atoms with E-state index in [0.29, 0.717) is 23.7 Å². The molecule has 1 aliphatic rings. The van der Waals surface area contributed by atoms with Gasteiger partial charge in [0.2, 0.25) is 5.91 Å². The van der Waals surface area contributed by atoms with Crippen molar-refractivity contribution in [2.45, 2.75) is 18.9 Å². The number of nitrogens with zero attached hydrogens (tertiary/aromatic N) is 2. The van der Waals surface area contributed by atoms with Crippen LogP contribution in [0.4, 0.5) is 5.69 Å². The molecule has 23 heavy (non-hydrogen) atoms. The highest BCUT2D eigenvalue weighted by Crippen LogP contribution is 2.31. The monoisotopic (exact) mass is 332 g/mol. The summed E-state index contributed by atoms with van der Waals surface area (Å²) in [5.41, 5.74) is 1.14. The molecule has 1 fully saturated rings. The van der Waals surface area contributed by atoms with Crippen LogP contribution in [0.15, 0.2) is 47.4 Å². The van der Waals surface area contributed by atoms with Gasteiger partial charge >= 0.3 is 0 Å². The molecule has 1 aliphatic heterocycles. The van der Waals surface area contributed by atoms with Crippen molar-refractivity contribution in [3.8, 4) is 0 Å². The summed E-state index contributed by atoms with van der Waals surface area (Å²) in [4.78, 5) is 26.3. The average Bonchev–Trinajstić information content (AvgIpc) is 2.92. The fraction of sp³-hybridized carbons (Fsp3) is 0.294. The first kappa shape index (κ1) is 15.8. The second-order valence-electron chi connectivity index (χ2n) is 5.57. The van der Waals surface area contributed by atoms with Gasteiger partial charge in [-0.25, -0.2) is 0 Å². The smallest absolute Gasteiger partial charge is 0.274 e. The van der Waals surface area contributed by atoms with E-state index in [4.69, 9.17) is 16.7 Å². The Balaban J connectivity index is 1.87. The molecule has 1 atom stereocenters. The molecule has 1 saturated heterocycles. The third kappa shape index (κ3) is 3.16. The number of pyridine rings is 1. The van der Waals surface area contributed by atoms with Crippen molar-refractivity contribution in [3.05, 3.63) is 63.5 Å². The van der Waals surface area contributed by atoms with Crippen LogP contribution in [0.25, 0.3) is 0 Å². The largest absolute Gasteiger partial charge is 0.395 e. The number of aliphatic hydroxyl groups excluding tert-OH is 1. The van der Waals surface area contributed by atoms with E-state index in [2.05, 4.69) is 0 Å². The first-order valence-electron chi connectivity index (χ1n) is 7.46. The van der Waals surface area contributed by atoms with Crippen molar-refractivity contribution in [3.63, 3.8) is 0 Å². The molecule has 1 aromatic heterocycles. The number of benzene rings is 1. The SMILES string of the molecule is O=C1CC(c2ccc(Cl)cc2)CN1c1cccn(CCO)c1=O. The summed E-state index contributed by atoms with van der Waals surface area (Å²) < 4.78 is 1.41. The number of aromatic nitrogens is 1. The molecular formula is C17H17ClN2O3. The van der Waals surface area contributed by atoms with E-state index in [1.165, 1.54) is 9.47 Å². The number of amides is 1. The van der Waals surface area contributed by atoms with Crippen molar-refractivity contribution >= 4 is 23.2 Å². The van der Waals surface area contributed by atoms with Crippen LogP contribution in [0.2, 0.25) is 5.02 Å². The molecule has 0 radical (unpaired) electrons. The van der Waals surface area contributed by atoms with Gasteiger partial charge in [-0.15, -0.1) is 0 Å². The third-order valence-electron chi connectivity index (χ3n) is 4.10. The zero-order chi connectivity index (χ0) is 16.4. The van der Waals surface area contributed by atoms with Crippen molar-refractivity contribution in [1.29, 1.82) is 0 Å². The Morgan fingerprint density at radius 3 is 2.61 bits per heavy atom. The minimum absolute atomic E-state index is 0.0469. The lowest BCUT2D eigenvalue weighted by Gasteiger charge is -2.17. The molecule has 0 spiro atoms. The van der Waals surface area contributed by atoms with Gasteiger partial charge in [-0.3, -0.25) is 9.59 Å². The van der Waals surface area contributed by atoms with Crippen LogP contribution in [-0.4, -0.2) is 28.7 Å². The van der Waals surface area contributed by atoms with Gasteiger partial charge in [-0.1, -0.05) is 23.7 Å². The lowest BCUT2D eigenvalue weighted by molar-refractivity contribution is -0.117. The number of hydrogen-bond acceptors (Lipinski definition) is 3. The van der Waals surface area contributed by atoms with Crippen molar-refractivity contribution in [2.24, 2.45) is 0 Å². The van der Waals surface area contributed by atoms with Crippen LogP contribution < -0.4 is 10.5 Å². The fourth-order valence-electron chi connectivity index (χ4n) is 2.91. The number of carbonyl (C=O) groups excluding carboxylic acids is 1. The van der Waals surface area contributed by atoms with Crippen LogP contribution >= 0.6 is 11.6 Å². The molecule has 2 aromatic rings. The van der Waals surface area contributed by atoms with Gasteiger partial charge in [-0.05, 0) is 29.8 Å². The minimum atomic E-state index is -0.258. The van der Waals surface area contributed by atoms with Crippen molar-refractivity contribution in [1.82, 2.24) is 4.57 Å². The standard InChI is InChI=1S/C17H17ClN2O3/c18-14-5-3-12(4-6-14)13-10-16(22)20(11-13)15-2-1-7-19(8-9-21)17(15)23/h1-7,13,21H,8-11H2. The maximum atomic E-state index is 12.4. The molecule has 1 unspecified atom stereocenters. The number of anilines is 1. The Kier molecular flexibility index (Phi) is 4.50. The molecule has 1 amide bonds. The highest BCUT2D eigenvalue weighted by atomic mass is 35.5. The van der Waals surface area contributed by atoms with E-state index in [9.17, 15) is 9.59 Å². The first-order valence-corrected chi connectivity index (χ1v) is 7.84. The number of aliphatic hydroxyl groups is 1. The summed E-state index contributed by atoms with van der Waals surface area (Å²) in [7, 11) is 0. The van der Waals surface area contributed by atoms with E-state index in [0.717, 1.165) is 5.56 Å². The summed E-state index contributed by atoms with van der Waals surface area (Å²) in [6.45, 7) is 0.568. The lowest BCUT2D eigenvalue weighted by atomic mass is 9.98. The number of halogens is 1. The van der Waals surface area contributed by atoms with Gasteiger partial charge in [0.15, 0.2) is 0 Å². The van der Waals surface area contributed by atoms with E-state index < -0.39 is 0 Å². The molecule has 5 nitrogen and oxygen atoms in total. The highest BCUT2D eigenvalue weighted by Gasteiger charge is 2.33. The zero-order valence-corrected chi connectivity index (χ0v) is 13.2. The van der Waals surface area contributed by atoms with Gasteiger partial charge in [0, 0.05) is 36.6 Å². The molecule has 6 heteroatoms. The first-order chi connectivity index (χ1) is 11.1. The quantitative estimate of drug-likeness (QED) is 0.931. The topological polar surface area (TPSA) is 62.5 Å². The van der Waals surface area contributed by atoms with Crippen LogP contribution in [0.3, 0.4) is 0 Å². The van der Waals surface area contributed by atoms with Gasteiger partial charge in [0.25, 0.3) is 5.56 Å². The van der Waals surface area contributed by atoms with Gasteiger partial charge in [0.05, 0.1) is 6.61 Å². The van der Waals surface area contributed by atoms with E-state index >= 15 is 0 Å². The van der Waals surface area contributed by atoms with E-state index in [1.807, 2.05) is 12.1 Å². The van der Waals surface area contributed by atoms with E-state index in [-0.39, 0.29) is 30.5 Å². The summed E-state index contributed by atoms with van der Waals surface area (Å²) in [5.74, 6) is -0.0190. The van der Waals surface area contributed by atoms with Crippen LogP contribution in [0.5, 0.6) is 0 Å². The predicted octanol–water partition coefficient (Wildman–Crippen LogP) is 2.01. The molecule has 1 aromatic carbocycles. The normalized spacial score (nSPS) is 17.7. The third-order valence-corrected chi connectivity index (χ3v) is 4.35. The van der Waals surface area contributed by atoms with Gasteiger partial charge < -0.3 is 14.6 Å². The summed E-state index contributed by atoms with van der Waals surface area (Å²) in [5, 5.41) is 9.67. The molecule has 0 aliphatic carbocycles. The molecule has 2 heterocycles. The second kappa shape index (κ2) is 6.56. The fourth-order valence-corrected chi connectivity index (χ4v) is 3.04. The summed E-state index contributed by atoms with van der Waals surface area (Å²) in [6, 6.07) is 10.8. The number of carbonyl (C=O) groups is 1. The molecule has 0 saturated carbocycles. The number of rotatable bonds is 4. The molecule has 1 N–H and O–H groups in total. The second-order valence-corrected chi connectivity index (χ2v) is 6.01. The molecule has 3 rings (SSSR count). The molecule has 0 bridgehead atoms. The average molecular weight is 333 g/mol. The lowest BCUT2D eigenvalue weighted by Crippen LogP contribution is -2.33. The number of hydrogen-bond donors (Lipinski definition) is 1. The van der Waals surface area contributed by atoms with Crippen LogP contribution in [0, 0.1) is 0 Å². The minimum Gasteiger partial charge on any atom is -0.395 e. The molecular weight excluding hydrogens is 316 g/mol. The highest BCUT2D eigenvalue weighted by molar-refractivity contribution is 6.30. The van der Waals surface area contributed by atoms with Crippen LogP contribution in [-0.2, 0) is 11.3 Å². The Hall–Kier alpha value is -2.11. The maximum Gasteiger partial charge on any atom is 0.274 e.